The number of aryl methyl sites for hydroxylation is 1. The first-order valence-electron chi connectivity index (χ1n) is 10.6. The summed E-state index contributed by atoms with van der Waals surface area (Å²) in [6.45, 7) is 10.8. The largest absolute Gasteiger partial charge is 0.497 e. The fraction of sp³-hybridized carbons (Fsp3) is 0.231. The minimum Gasteiger partial charge on any atom is -0.497 e. The van der Waals surface area contributed by atoms with Crippen LogP contribution in [0.15, 0.2) is 60.5 Å². The number of ether oxygens (including phenoxy) is 1. The van der Waals surface area contributed by atoms with Gasteiger partial charge in [-0.05, 0) is 60.4 Å². The lowest BCUT2D eigenvalue weighted by Gasteiger charge is -2.09. The van der Waals surface area contributed by atoms with Crippen molar-refractivity contribution in [1.29, 1.82) is 0 Å². The van der Waals surface area contributed by atoms with Crippen LogP contribution < -0.4 is 10.1 Å². The van der Waals surface area contributed by atoms with Crippen molar-refractivity contribution in [2.45, 2.75) is 33.2 Å². The average Bonchev–Trinajstić information content (AvgIpc) is 3.36. The maximum Gasteiger partial charge on any atom is 0.274 e. The molecule has 0 saturated carbocycles. The van der Waals surface area contributed by atoms with E-state index in [1.165, 1.54) is 16.9 Å². The van der Waals surface area contributed by atoms with E-state index in [0.29, 0.717) is 23.3 Å². The van der Waals surface area contributed by atoms with Crippen LogP contribution in [0.2, 0.25) is 0 Å². The molecule has 32 heavy (non-hydrogen) atoms. The molecule has 2 aromatic heterocycles. The van der Waals surface area contributed by atoms with Crippen molar-refractivity contribution in [1.82, 2.24) is 9.55 Å². The SMILES string of the molecule is C=CCn1c(C(=O)Nc2nc(-c3ccc(OC)cc3)cs2)c(C)c2cc(C(C)C)ccc21. The zero-order chi connectivity index (χ0) is 22.8. The van der Waals surface area contributed by atoms with E-state index in [4.69, 9.17) is 4.74 Å². The van der Waals surface area contributed by atoms with Crippen molar-refractivity contribution in [3.05, 3.63) is 77.3 Å². The Morgan fingerprint density at radius 1 is 1.25 bits per heavy atom. The minimum atomic E-state index is -0.165. The number of amides is 1. The summed E-state index contributed by atoms with van der Waals surface area (Å²) in [5.41, 5.74) is 5.69. The number of benzene rings is 2. The number of nitrogens with one attached hydrogen (secondary N) is 1. The molecular formula is C26H27N3O2S. The number of anilines is 1. The molecular weight excluding hydrogens is 418 g/mol. The van der Waals surface area contributed by atoms with Gasteiger partial charge in [-0.2, -0.15) is 0 Å². The van der Waals surface area contributed by atoms with Gasteiger partial charge in [-0.15, -0.1) is 17.9 Å². The van der Waals surface area contributed by atoms with E-state index < -0.39 is 0 Å². The summed E-state index contributed by atoms with van der Waals surface area (Å²) in [6, 6.07) is 14.1. The van der Waals surface area contributed by atoms with Crippen molar-refractivity contribution < 1.29 is 9.53 Å². The van der Waals surface area contributed by atoms with Gasteiger partial charge in [0.25, 0.3) is 5.91 Å². The number of methoxy groups -OCH3 is 1. The topological polar surface area (TPSA) is 56.2 Å². The average molecular weight is 446 g/mol. The van der Waals surface area contributed by atoms with Crippen LogP contribution in [0.4, 0.5) is 5.13 Å². The molecule has 2 aromatic carbocycles. The lowest BCUT2D eigenvalue weighted by molar-refractivity contribution is 0.101. The molecule has 2 heterocycles. The van der Waals surface area contributed by atoms with Crippen LogP contribution in [0, 0.1) is 6.92 Å². The first kappa shape index (κ1) is 21.8. The molecule has 0 unspecified atom stereocenters. The molecule has 0 atom stereocenters. The Morgan fingerprint density at radius 3 is 2.66 bits per heavy atom. The van der Waals surface area contributed by atoms with Gasteiger partial charge in [0.1, 0.15) is 11.4 Å². The highest BCUT2D eigenvalue weighted by Crippen LogP contribution is 2.31. The quantitative estimate of drug-likeness (QED) is 0.324. The standard InChI is InChI=1S/C26H27N3O2S/c1-6-13-29-23-12-9-19(16(2)3)14-21(23)17(4)24(29)25(30)28-26-27-22(15-32-26)18-7-10-20(31-5)11-8-18/h6-12,14-16H,1,13H2,2-5H3,(H,27,28,30). The second kappa shape index (κ2) is 9.01. The number of carbonyl (C=O) groups is 1. The van der Waals surface area contributed by atoms with Crippen LogP contribution in [0.3, 0.4) is 0 Å². The molecule has 0 radical (unpaired) electrons. The highest BCUT2D eigenvalue weighted by Gasteiger charge is 2.21. The number of nitrogens with zero attached hydrogens (tertiary/aromatic N) is 2. The highest BCUT2D eigenvalue weighted by atomic mass is 32.1. The van der Waals surface area contributed by atoms with Gasteiger partial charge in [-0.25, -0.2) is 4.98 Å². The van der Waals surface area contributed by atoms with Crippen LogP contribution in [-0.4, -0.2) is 22.6 Å². The van der Waals surface area contributed by atoms with Crippen molar-refractivity contribution in [2.75, 3.05) is 12.4 Å². The molecule has 0 bridgehead atoms. The van der Waals surface area contributed by atoms with Crippen molar-refractivity contribution in [3.8, 4) is 17.0 Å². The normalized spacial score (nSPS) is 11.2. The fourth-order valence-electron chi connectivity index (χ4n) is 3.89. The third-order valence-corrected chi connectivity index (χ3v) is 6.40. The molecule has 0 aliphatic rings. The summed E-state index contributed by atoms with van der Waals surface area (Å²) in [6.07, 6.45) is 1.82. The summed E-state index contributed by atoms with van der Waals surface area (Å²) in [5.74, 6) is 1.05. The van der Waals surface area contributed by atoms with E-state index in [-0.39, 0.29) is 5.91 Å². The van der Waals surface area contributed by atoms with E-state index >= 15 is 0 Å². The van der Waals surface area contributed by atoms with E-state index in [1.807, 2.05) is 47.2 Å². The number of thiazole rings is 1. The molecule has 6 heteroatoms. The molecule has 0 saturated heterocycles. The third kappa shape index (κ3) is 4.06. The van der Waals surface area contributed by atoms with Gasteiger partial charge in [-0.1, -0.05) is 26.0 Å². The first-order valence-corrected chi connectivity index (χ1v) is 11.5. The molecule has 0 fully saturated rings. The molecule has 1 N–H and O–H groups in total. The van der Waals surface area contributed by atoms with E-state index in [1.54, 1.807) is 7.11 Å². The molecule has 4 aromatic rings. The first-order chi connectivity index (χ1) is 15.4. The Labute approximate surface area is 192 Å². The lowest BCUT2D eigenvalue weighted by atomic mass is 10.0. The van der Waals surface area contributed by atoms with E-state index in [0.717, 1.165) is 33.5 Å². The minimum absolute atomic E-state index is 0.165. The Balaban J connectivity index is 1.66. The molecule has 0 spiro atoms. The Morgan fingerprint density at radius 2 is 2.00 bits per heavy atom. The summed E-state index contributed by atoms with van der Waals surface area (Å²) < 4.78 is 7.24. The van der Waals surface area contributed by atoms with Gasteiger partial charge in [-0.3, -0.25) is 10.1 Å². The van der Waals surface area contributed by atoms with Crippen molar-refractivity contribution in [3.63, 3.8) is 0 Å². The maximum atomic E-state index is 13.3. The number of hydrogen-bond donors (Lipinski definition) is 1. The molecule has 4 rings (SSSR count). The van der Waals surface area contributed by atoms with Gasteiger partial charge in [0.05, 0.1) is 12.8 Å². The molecule has 164 valence electrons. The third-order valence-electron chi connectivity index (χ3n) is 5.64. The van der Waals surface area contributed by atoms with E-state index in [9.17, 15) is 4.79 Å². The van der Waals surface area contributed by atoms with Gasteiger partial charge in [0, 0.05) is 28.4 Å². The van der Waals surface area contributed by atoms with Gasteiger partial charge < -0.3 is 9.30 Å². The summed E-state index contributed by atoms with van der Waals surface area (Å²) in [7, 11) is 1.64. The second-order valence-corrected chi connectivity index (χ2v) is 8.88. The van der Waals surface area contributed by atoms with Crippen molar-refractivity contribution in [2.24, 2.45) is 0 Å². The molecule has 0 aliphatic heterocycles. The molecule has 1 amide bonds. The summed E-state index contributed by atoms with van der Waals surface area (Å²) in [4.78, 5) is 17.9. The summed E-state index contributed by atoms with van der Waals surface area (Å²) in [5, 5.41) is 6.61. The predicted molar refractivity (Wildman–Crippen MR) is 133 cm³/mol. The predicted octanol–water partition coefficient (Wildman–Crippen LogP) is 6.64. The van der Waals surface area contributed by atoms with Gasteiger partial charge in [0.2, 0.25) is 0 Å². The summed E-state index contributed by atoms with van der Waals surface area (Å²) >= 11 is 1.41. The van der Waals surface area contributed by atoms with Crippen LogP contribution in [0.1, 0.15) is 41.4 Å². The number of aromatic nitrogens is 2. The van der Waals surface area contributed by atoms with E-state index in [2.05, 4.69) is 48.9 Å². The zero-order valence-corrected chi connectivity index (χ0v) is 19.6. The number of fused-ring (bicyclic) bond motifs is 1. The highest BCUT2D eigenvalue weighted by molar-refractivity contribution is 7.14. The van der Waals surface area contributed by atoms with Crippen LogP contribution in [0.5, 0.6) is 5.75 Å². The van der Waals surface area contributed by atoms with Crippen LogP contribution >= 0.6 is 11.3 Å². The van der Waals surface area contributed by atoms with Gasteiger partial charge in [0.15, 0.2) is 5.13 Å². The lowest BCUT2D eigenvalue weighted by Crippen LogP contribution is -2.18. The second-order valence-electron chi connectivity index (χ2n) is 8.02. The maximum absolute atomic E-state index is 13.3. The van der Waals surface area contributed by atoms with Crippen LogP contribution in [-0.2, 0) is 6.54 Å². The Kier molecular flexibility index (Phi) is 6.15. The van der Waals surface area contributed by atoms with Gasteiger partial charge >= 0.3 is 0 Å². The molecule has 0 aliphatic carbocycles. The number of rotatable bonds is 7. The monoisotopic (exact) mass is 445 g/mol. The Bertz CT molecular complexity index is 1280. The number of hydrogen-bond acceptors (Lipinski definition) is 4. The zero-order valence-electron chi connectivity index (χ0n) is 18.8. The number of carbonyl (C=O) groups excluding carboxylic acids is 1. The van der Waals surface area contributed by atoms with Crippen LogP contribution in [0.25, 0.3) is 22.2 Å². The Hall–Kier alpha value is -3.38. The number of allylic oxidation sites excluding steroid dienone is 1. The molecule has 5 nitrogen and oxygen atoms in total. The fourth-order valence-corrected chi connectivity index (χ4v) is 4.61. The van der Waals surface area contributed by atoms with Crippen molar-refractivity contribution >= 4 is 33.3 Å². The smallest absolute Gasteiger partial charge is 0.274 e.